The third-order valence-electron chi connectivity index (χ3n) is 1.38. The monoisotopic (exact) mass is 110 g/mol. The Balaban J connectivity index is 2.39. The fraction of sp³-hybridized carbons (Fsp3) is 0.714. The van der Waals surface area contributed by atoms with Crippen LogP contribution in [0.4, 0.5) is 0 Å². The highest BCUT2D eigenvalue weighted by molar-refractivity contribution is 5.06. The number of rotatable bonds is 1. The molecule has 0 spiro atoms. The van der Waals surface area contributed by atoms with Crippen molar-refractivity contribution in [3.63, 3.8) is 0 Å². The summed E-state index contributed by atoms with van der Waals surface area (Å²) >= 11 is 0. The van der Waals surface area contributed by atoms with Gasteiger partial charge in [-0.15, -0.1) is 5.92 Å². The van der Waals surface area contributed by atoms with E-state index in [0.29, 0.717) is 0 Å². The lowest BCUT2D eigenvalue weighted by atomic mass is 9.99. The van der Waals surface area contributed by atoms with Gasteiger partial charge in [0.1, 0.15) is 0 Å². The number of aliphatic hydroxyl groups excluding tert-OH is 1. The minimum absolute atomic E-state index is 0.243. The lowest BCUT2D eigenvalue weighted by molar-refractivity contribution is 0.247. The normalized spacial score (nSPS) is 26.4. The van der Waals surface area contributed by atoms with Crippen molar-refractivity contribution in [3.05, 3.63) is 0 Å². The van der Waals surface area contributed by atoms with Gasteiger partial charge in [-0.3, -0.25) is 0 Å². The molecule has 0 heterocycles. The van der Waals surface area contributed by atoms with Gasteiger partial charge >= 0.3 is 0 Å². The number of hydrogen-bond acceptors (Lipinski definition) is 1. The van der Waals surface area contributed by atoms with Gasteiger partial charge < -0.3 is 5.11 Å². The van der Waals surface area contributed by atoms with Crippen molar-refractivity contribution in [2.24, 2.45) is 5.92 Å². The van der Waals surface area contributed by atoms with Crippen molar-refractivity contribution in [1.29, 1.82) is 0 Å². The zero-order chi connectivity index (χ0) is 5.82. The van der Waals surface area contributed by atoms with E-state index in [1.54, 1.807) is 0 Å². The molecule has 1 aliphatic rings. The van der Waals surface area contributed by atoms with Crippen molar-refractivity contribution in [2.75, 3.05) is 6.61 Å². The highest BCUT2D eigenvalue weighted by atomic mass is 16.3. The smallest absolute Gasteiger partial charge is 0.0568 e. The quantitative estimate of drug-likeness (QED) is 0.494. The molecule has 0 radical (unpaired) electrons. The molecule has 0 bridgehead atoms. The molecule has 0 aliphatic heterocycles. The van der Waals surface area contributed by atoms with Gasteiger partial charge in [-0.25, -0.2) is 0 Å². The largest absolute Gasteiger partial charge is 0.395 e. The fourth-order valence-electron chi connectivity index (χ4n) is 0.862. The van der Waals surface area contributed by atoms with Crippen LogP contribution in [-0.2, 0) is 0 Å². The summed E-state index contributed by atoms with van der Waals surface area (Å²) in [6.45, 7) is 0.243. The van der Waals surface area contributed by atoms with Crippen molar-refractivity contribution >= 4 is 0 Å². The van der Waals surface area contributed by atoms with Crippen molar-refractivity contribution in [2.45, 2.75) is 19.3 Å². The van der Waals surface area contributed by atoms with Crippen LogP contribution in [0.3, 0.4) is 0 Å². The first kappa shape index (κ1) is 5.65. The SMILES string of the molecule is OCC1C#CCCC1. The fourth-order valence-corrected chi connectivity index (χ4v) is 0.862. The third kappa shape index (κ3) is 1.24. The van der Waals surface area contributed by atoms with E-state index in [0.717, 1.165) is 19.3 Å². The summed E-state index contributed by atoms with van der Waals surface area (Å²) in [6, 6.07) is 0. The Morgan fingerprint density at radius 2 is 2.50 bits per heavy atom. The number of aliphatic hydroxyl groups is 1. The first-order valence-electron chi connectivity index (χ1n) is 3.02. The molecule has 0 aromatic carbocycles. The Bertz CT molecular complexity index is 118. The molecule has 8 heavy (non-hydrogen) atoms. The van der Waals surface area contributed by atoms with Gasteiger partial charge in [0.25, 0.3) is 0 Å². The molecule has 0 saturated carbocycles. The molecule has 1 heteroatoms. The molecule has 0 saturated heterocycles. The molecule has 1 aliphatic carbocycles. The Morgan fingerprint density at radius 3 is 2.88 bits per heavy atom. The van der Waals surface area contributed by atoms with Gasteiger partial charge in [-0.1, -0.05) is 5.92 Å². The van der Waals surface area contributed by atoms with Gasteiger partial charge in [0.05, 0.1) is 6.61 Å². The highest BCUT2D eigenvalue weighted by Gasteiger charge is 2.04. The predicted molar refractivity (Wildman–Crippen MR) is 32.2 cm³/mol. The van der Waals surface area contributed by atoms with Crippen LogP contribution in [0.2, 0.25) is 0 Å². The summed E-state index contributed by atoms with van der Waals surface area (Å²) in [5, 5.41) is 8.59. The van der Waals surface area contributed by atoms with E-state index in [-0.39, 0.29) is 12.5 Å². The average molecular weight is 110 g/mol. The summed E-state index contributed by atoms with van der Waals surface area (Å²) in [5.41, 5.74) is 0. The van der Waals surface area contributed by atoms with Crippen molar-refractivity contribution in [1.82, 2.24) is 0 Å². The van der Waals surface area contributed by atoms with E-state index in [4.69, 9.17) is 5.11 Å². The lowest BCUT2D eigenvalue weighted by Crippen LogP contribution is -2.05. The second-order valence-electron chi connectivity index (χ2n) is 2.09. The first-order valence-corrected chi connectivity index (χ1v) is 3.02. The van der Waals surface area contributed by atoms with Crippen LogP contribution in [0.25, 0.3) is 0 Å². The summed E-state index contributed by atoms with van der Waals surface area (Å²) < 4.78 is 0. The maximum absolute atomic E-state index is 8.59. The number of hydrogen-bond donors (Lipinski definition) is 1. The second-order valence-corrected chi connectivity index (χ2v) is 2.09. The van der Waals surface area contributed by atoms with Crippen LogP contribution in [-0.4, -0.2) is 11.7 Å². The Morgan fingerprint density at radius 1 is 1.62 bits per heavy atom. The molecule has 1 rings (SSSR count). The predicted octanol–water partition coefficient (Wildman–Crippen LogP) is 0.782. The minimum atomic E-state index is 0.243. The van der Waals surface area contributed by atoms with Crippen LogP contribution >= 0.6 is 0 Å². The van der Waals surface area contributed by atoms with E-state index >= 15 is 0 Å². The van der Waals surface area contributed by atoms with E-state index < -0.39 is 0 Å². The van der Waals surface area contributed by atoms with Gasteiger partial charge in [-0.05, 0) is 12.8 Å². The Hall–Kier alpha value is -0.480. The van der Waals surface area contributed by atoms with E-state index in [2.05, 4.69) is 11.8 Å². The molecule has 1 atom stereocenters. The van der Waals surface area contributed by atoms with Gasteiger partial charge in [0, 0.05) is 12.3 Å². The molecule has 0 aromatic heterocycles. The zero-order valence-electron chi connectivity index (χ0n) is 4.85. The van der Waals surface area contributed by atoms with Crippen molar-refractivity contribution < 1.29 is 5.11 Å². The van der Waals surface area contributed by atoms with E-state index in [1.807, 2.05) is 0 Å². The third-order valence-corrected chi connectivity index (χ3v) is 1.38. The van der Waals surface area contributed by atoms with E-state index in [1.165, 1.54) is 0 Å². The first-order chi connectivity index (χ1) is 3.93. The van der Waals surface area contributed by atoms with E-state index in [9.17, 15) is 0 Å². The average Bonchev–Trinajstić information content (AvgIpc) is 1.90. The van der Waals surface area contributed by atoms with Crippen LogP contribution in [0.1, 0.15) is 19.3 Å². The van der Waals surface area contributed by atoms with Gasteiger partial charge in [0.2, 0.25) is 0 Å². The van der Waals surface area contributed by atoms with Crippen LogP contribution < -0.4 is 0 Å². The molecular formula is C7H10O. The summed E-state index contributed by atoms with van der Waals surface area (Å²) in [5.74, 6) is 6.23. The Labute approximate surface area is 49.7 Å². The van der Waals surface area contributed by atoms with Crippen LogP contribution in [0.5, 0.6) is 0 Å². The molecular weight excluding hydrogens is 100 g/mol. The maximum Gasteiger partial charge on any atom is 0.0568 e. The highest BCUT2D eigenvalue weighted by Crippen LogP contribution is 2.10. The molecule has 0 fully saturated rings. The minimum Gasteiger partial charge on any atom is -0.395 e. The van der Waals surface area contributed by atoms with Crippen molar-refractivity contribution in [3.8, 4) is 11.8 Å². The van der Waals surface area contributed by atoms with Crippen LogP contribution in [0, 0.1) is 17.8 Å². The maximum atomic E-state index is 8.59. The molecule has 1 unspecified atom stereocenters. The Kier molecular flexibility index (Phi) is 1.93. The zero-order valence-corrected chi connectivity index (χ0v) is 4.85. The molecule has 0 aromatic rings. The lowest BCUT2D eigenvalue weighted by Gasteiger charge is -2.07. The standard InChI is InChI=1S/C7H10O/c8-6-7-4-2-1-3-5-7/h7-8H,1-2,4,6H2. The van der Waals surface area contributed by atoms with Crippen LogP contribution in [0.15, 0.2) is 0 Å². The summed E-state index contributed by atoms with van der Waals surface area (Å²) in [6.07, 6.45) is 3.28. The van der Waals surface area contributed by atoms with Gasteiger partial charge in [-0.2, -0.15) is 0 Å². The second kappa shape index (κ2) is 2.74. The molecule has 0 amide bonds. The molecule has 1 N–H and O–H groups in total. The van der Waals surface area contributed by atoms with Gasteiger partial charge in [0.15, 0.2) is 0 Å². The molecule has 1 nitrogen and oxygen atoms in total. The topological polar surface area (TPSA) is 20.2 Å². The summed E-state index contributed by atoms with van der Waals surface area (Å²) in [7, 11) is 0. The molecule has 44 valence electrons. The summed E-state index contributed by atoms with van der Waals surface area (Å²) in [4.78, 5) is 0.